The van der Waals surface area contributed by atoms with Gasteiger partial charge in [-0.25, -0.2) is 4.79 Å². The molecule has 0 spiro atoms. The molecule has 1 aliphatic rings. The Kier molecular flexibility index (Phi) is 6.20. The van der Waals surface area contributed by atoms with E-state index in [1.54, 1.807) is 12.2 Å². The van der Waals surface area contributed by atoms with Gasteiger partial charge in [0, 0.05) is 18.2 Å². The second kappa shape index (κ2) is 8.99. The Balaban J connectivity index is 1.97. The summed E-state index contributed by atoms with van der Waals surface area (Å²) >= 11 is 0. The van der Waals surface area contributed by atoms with E-state index in [2.05, 4.69) is 5.32 Å². The summed E-state index contributed by atoms with van der Waals surface area (Å²) in [5, 5.41) is 5.08. The van der Waals surface area contributed by atoms with Crippen molar-refractivity contribution in [3.05, 3.63) is 66.3 Å². The number of amides is 1. The normalized spacial score (nSPS) is 20.4. The Hall–Kier alpha value is -2.88. The smallest absolute Gasteiger partial charge is 0.330 e. The molecule has 1 heterocycles. The van der Waals surface area contributed by atoms with Gasteiger partial charge in [0.05, 0.1) is 6.61 Å². The van der Waals surface area contributed by atoms with Gasteiger partial charge in [-0.1, -0.05) is 55.0 Å². The molecule has 1 aliphatic heterocycles. The third-order valence-electron chi connectivity index (χ3n) is 4.42. The fraction of sp³-hybridized carbons (Fsp3) is 0.273. The van der Waals surface area contributed by atoms with Gasteiger partial charge in [-0.15, -0.1) is 0 Å². The van der Waals surface area contributed by atoms with Gasteiger partial charge in [-0.05, 0) is 41.7 Å². The second-order valence-electron chi connectivity index (χ2n) is 6.30. The lowest BCUT2D eigenvalue weighted by Crippen LogP contribution is -2.25. The minimum Gasteiger partial charge on any atom is -0.463 e. The number of cyclic esters (lactones) is 1. The Bertz CT molecular complexity index is 846. The number of nitrogens with one attached hydrogen (secondary N) is 1. The first kappa shape index (κ1) is 17.9. The molecule has 4 heteroatoms. The standard InChI is InChI=1S/C22H23NO3/c24-21-14-8-13-20(22(25)23-15-5-1-2-6-16-26-21)19-12-7-10-17-9-3-4-11-18(17)19/h3-4,7-14H,1-2,5-6,15-16H2,(H,23,25)/b14-8+,20-13-. The van der Waals surface area contributed by atoms with Gasteiger partial charge in [0.25, 0.3) is 5.91 Å². The van der Waals surface area contributed by atoms with Crippen molar-refractivity contribution in [2.24, 2.45) is 0 Å². The molecule has 3 rings (SSSR count). The van der Waals surface area contributed by atoms with Crippen LogP contribution >= 0.6 is 0 Å². The zero-order valence-electron chi connectivity index (χ0n) is 14.7. The SMILES string of the molecule is O=C1/C=C/C=C(/c2cccc3ccccc23)C(=O)NCCCCCCO1. The van der Waals surface area contributed by atoms with E-state index in [0.717, 1.165) is 42.0 Å². The molecular formula is C22H23NO3. The molecule has 2 aromatic carbocycles. The molecule has 0 aliphatic carbocycles. The summed E-state index contributed by atoms with van der Waals surface area (Å²) < 4.78 is 5.17. The highest BCUT2D eigenvalue weighted by atomic mass is 16.5. The molecule has 0 atom stereocenters. The van der Waals surface area contributed by atoms with Gasteiger partial charge in [0.15, 0.2) is 0 Å². The van der Waals surface area contributed by atoms with Crippen LogP contribution in [-0.4, -0.2) is 25.0 Å². The maximum atomic E-state index is 12.8. The largest absolute Gasteiger partial charge is 0.463 e. The van der Waals surface area contributed by atoms with E-state index >= 15 is 0 Å². The zero-order valence-corrected chi connectivity index (χ0v) is 14.7. The van der Waals surface area contributed by atoms with Crippen molar-refractivity contribution in [3.63, 3.8) is 0 Å². The number of hydrogen-bond acceptors (Lipinski definition) is 3. The van der Waals surface area contributed by atoms with Gasteiger partial charge in [0.1, 0.15) is 0 Å². The lowest BCUT2D eigenvalue weighted by molar-refractivity contribution is -0.137. The van der Waals surface area contributed by atoms with Crippen LogP contribution in [0.1, 0.15) is 31.2 Å². The monoisotopic (exact) mass is 349 g/mol. The van der Waals surface area contributed by atoms with Crippen molar-refractivity contribution in [1.29, 1.82) is 0 Å². The van der Waals surface area contributed by atoms with E-state index in [-0.39, 0.29) is 11.9 Å². The summed E-state index contributed by atoms with van der Waals surface area (Å²) in [5.41, 5.74) is 1.40. The van der Waals surface area contributed by atoms with Crippen LogP contribution < -0.4 is 5.32 Å². The molecule has 0 fully saturated rings. The van der Waals surface area contributed by atoms with Crippen LogP contribution in [0.4, 0.5) is 0 Å². The molecule has 2 aromatic rings. The van der Waals surface area contributed by atoms with E-state index in [1.807, 2.05) is 42.5 Å². The van der Waals surface area contributed by atoms with Crippen LogP contribution in [-0.2, 0) is 14.3 Å². The molecule has 0 saturated carbocycles. The Morgan fingerprint density at radius 2 is 1.69 bits per heavy atom. The van der Waals surface area contributed by atoms with E-state index in [0.29, 0.717) is 18.7 Å². The molecular weight excluding hydrogens is 326 g/mol. The van der Waals surface area contributed by atoms with Crippen molar-refractivity contribution < 1.29 is 14.3 Å². The molecule has 1 amide bonds. The van der Waals surface area contributed by atoms with E-state index in [4.69, 9.17) is 4.74 Å². The van der Waals surface area contributed by atoms with Gasteiger partial charge in [-0.3, -0.25) is 4.79 Å². The van der Waals surface area contributed by atoms with Crippen molar-refractivity contribution >= 4 is 28.2 Å². The predicted molar refractivity (Wildman–Crippen MR) is 104 cm³/mol. The first-order valence-electron chi connectivity index (χ1n) is 9.07. The highest BCUT2D eigenvalue weighted by Gasteiger charge is 2.14. The van der Waals surface area contributed by atoms with Crippen LogP contribution in [0.5, 0.6) is 0 Å². The summed E-state index contributed by atoms with van der Waals surface area (Å²) in [6, 6.07) is 13.9. The first-order valence-corrected chi connectivity index (χ1v) is 9.07. The molecule has 4 nitrogen and oxygen atoms in total. The van der Waals surface area contributed by atoms with Crippen molar-refractivity contribution in [3.8, 4) is 0 Å². The number of fused-ring (bicyclic) bond motifs is 1. The second-order valence-corrected chi connectivity index (χ2v) is 6.30. The highest BCUT2D eigenvalue weighted by Crippen LogP contribution is 2.25. The molecule has 134 valence electrons. The molecule has 0 radical (unpaired) electrons. The minimum absolute atomic E-state index is 0.128. The van der Waals surface area contributed by atoms with Crippen LogP contribution in [0, 0.1) is 0 Å². The Morgan fingerprint density at radius 3 is 2.62 bits per heavy atom. The summed E-state index contributed by atoms with van der Waals surface area (Å²) in [6.07, 6.45) is 8.39. The van der Waals surface area contributed by atoms with Crippen molar-refractivity contribution in [2.75, 3.05) is 13.2 Å². The van der Waals surface area contributed by atoms with E-state index < -0.39 is 0 Å². The van der Waals surface area contributed by atoms with Crippen LogP contribution in [0.15, 0.2) is 60.7 Å². The maximum absolute atomic E-state index is 12.8. The molecule has 0 unspecified atom stereocenters. The molecule has 26 heavy (non-hydrogen) atoms. The van der Waals surface area contributed by atoms with Gasteiger partial charge < -0.3 is 10.1 Å². The maximum Gasteiger partial charge on any atom is 0.330 e. The number of allylic oxidation sites excluding steroid dienone is 2. The zero-order chi connectivity index (χ0) is 18.2. The van der Waals surface area contributed by atoms with Crippen LogP contribution in [0.25, 0.3) is 16.3 Å². The van der Waals surface area contributed by atoms with Gasteiger partial charge in [0.2, 0.25) is 0 Å². The summed E-state index contributed by atoms with van der Waals surface area (Å²) in [7, 11) is 0. The summed E-state index contributed by atoms with van der Waals surface area (Å²) in [4.78, 5) is 24.5. The number of benzene rings is 2. The summed E-state index contributed by atoms with van der Waals surface area (Å²) in [5.74, 6) is -0.507. The molecule has 0 saturated heterocycles. The first-order chi connectivity index (χ1) is 12.8. The Morgan fingerprint density at radius 1 is 0.885 bits per heavy atom. The van der Waals surface area contributed by atoms with Gasteiger partial charge >= 0.3 is 5.97 Å². The Labute approximate surface area is 153 Å². The third kappa shape index (κ3) is 4.60. The van der Waals surface area contributed by atoms with E-state index in [9.17, 15) is 9.59 Å². The van der Waals surface area contributed by atoms with Crippen LogP contribution in [0.3, 0.4) is 0 Å². The molecule has 1 N–H and O–H groups in total. The quantitative estimate of drug-likeness (QED) is 0.792. The number of rotatable bonds is 1. The topological polar surface area (TPSA) is 55.4 Å². The minimum atomic E-state index is -0.379. The lowest BCUT2D eigenvalue weighted by atomic mass is 9.97. The molecule has 0 bridgehead atoms. The lowest BCUT2D eigenvalue weighted by Gasteiger charge is -2.12. The highest BCUT2D eigenvalue weighted by molar-refractivity contribution is 6.23. The number of esters is 1. The number of carbonyl (C=O) groups is 2. The average molecular weight is 349 g/mol. The predicted octanol–water partition coefficient (Wildman–Crippen LogP) is 4.01. The number of hydrogen-bond donors (Lipinski definition) is 1. The molecule has 0 aromatic heterocycles. The fourth-order valence-corrected chi connectivity index (χ4v) is 3.07. The van der Waals surface area contributed by atoms with Crippen molar-refractivity contribution in [2.45, 2.75) is 25.7 Å². The average Bonchev–Trinajstić information content (AvgIpc) is 2.66. The fourth-order valence-electron chi connectivity index (χ4n) is 3.07. The third-order valence-corrected chi connectivity index (χ3v) is 4.42. The summed E-state index contributed by atoms with van der Waals surface area (Å²) in [6.45, 7) is 1.08. The van der Waals surface area contributed by atoms with Gasteiger partial charge in [-0.2, -0.15) is 0 Å². The van der Waals surface area contributed by atoms with E-state index in [1.165, 1.54) is 6.08 Å². The number of ether oxygens (including phenoxy) is 1. The number of carbonyl (C=O) groups excluding carboxylic acids is 2. The van der Waals surface area contributed by atoms with Crippen LogP contribution in [0.2, 0.25) is 0 Å². The van der Waals surface area contributed by atoms with Crippen molar-refractivity contribution in [1.82, 2.24) is 5.32 Å².